The SMILES string of the molecule is C=CC1CC1(C#N)c1c(F)cccc1Cl. The molecule has 1 fully saturated rings. The van der Waals surface area contributed by atoms with Crippen molar-refractivity contribution in [2.24, 2.45) is 5.92 Å². The van der Waals surface area contributed by atoms with Crippen LogP contribution < -0.4 is 0 Å². The van der Waals surface area contributed by atoms with E-state index in [0.29, 0.717) is 17.0 Å². The van der Waals surface area contributed by atoms with E-state index < -0.39 is 11.2 Å². The van der Waals surface area contributed by atoms with Gasteiger partial charge in [-0.3, -0.25) is 0 Å². The first-order valence-electron chi connectivity index (χ1n) is 4.64. The van der Waals surface area contributed by atoms with Crippen molar-refractivity contribution in [2.45, 2.75) is 11.8 Å². The molecule has 0 N–H and O–H groups in total. The molecule has 76 valence electrons. The number of benzene rings is 1. The highest BCUT2D eigenvalue weighted by atomic mass is 35.5. The highest BCUT2D eigenvalue weighted by molar-refractivity contribution is 6.31. The molecule has 3 heteroatoms. The van der Waals surface area contributed by atoms with Gasteiger partial charge in [-0.1, -0.05) is 23.7 Å². The summed E-state index contributed by atoms with van der Waals surface area (Å²) in [6, 6.07) is 6.64. The molecule has 0 amide bonds. The fourth-order valence-corrected chi connectivity index (χ4v) is 2.30. The van der Waals surface area contributed by atoms with Gasteiger partial charge in [-0.05, 0) is 18.6 Å². The average Bonchev–Trinajstić information content (AvgIpc) is 2.93. The maximum absolute atomic E-state index is 13.6. The molecule has 1 aromatic rings. The van der Waals surface area contributed by atoms with Crippen molar-refractivity contribution < 1.29 is 4.39 Å². The van der Waals surface area contributed by atoms with Crippen LogP contribution in [-0.2, 0) is 5.41 Å². The Hall–Kier alpha value is -1.33. The van der Waals surface area contributed by atoms with Crippen LogP contribution >= 0.6 is 11.6 Å². The van der Waals surface area contributed by atoms with Gasteiger partial charge in [0.2, 0.25) is 0 Å². The third-order valence-corrected chi connectivity index (χ3v) is 3.22. The molecule has 2 atom stereocenters. The number of nitriles is 1. The molecule has 0 saturated heterocycles. The van der Waals surface area contributed by atoms with Gasteiger partial charge in [0.15, 0.2) is 0 Å². The first-order valence-corrected chi connectivity index (χ1v) is 5.02. The van der Waals surface area contributed by atoms with Gasteiger partial charge in [0.1, 0.15) is 5.82 Å². The zero-order valence-corrected chi connectivity index (χ0v) is 8.76. The second-order valence-electron chi connectivity index (χ2n) is 3.73. The molecule has 0 bridgehead atoms. The van der Waals surface area contributed by atoms with Crippen molar-refractivity contribution in [1.82, 2.24) is 0 Å². The van der Waals surface area contributed by atoms with Gasteiger partial charge in [0.05, 0.1) is 11.5 Å². The van der Waals surface area contributed by atoms with Gasteiger partial charge in [-0.15, -0.1) is 6.58 Å². The lowest BCUT2D eigenvalue weighted by Gasteiger charge is -2.10. The van der Waals surface area contributed by atoms with Crippen LogP contribution in [-0.4, -0.2) is 0 Å². The molecule has 0 radical (unpaired) electrons. The molecule has 1 aromatic carbocycles. The average molecular weight is 222 g/mol. The number of allylic oxidation sites excluding steroid dienone is 1. The Labute approximate surface area is 92.8 Å². The molecule has 2 rings (SSSR count). The molecule has 0 aromatic heterocycles. The second-order valence-corrected chi connectivity index (χ2v) is 4.13. The normalized spacial score (nSPS) is 28.2. The molecular formula is C12H9ClFN. The van der Waals surface area contributed by atoms with Crippen molar-refractivity contribution in [3.63, 3.8) is 0 Å². The molecule has 0 heterocycles. The van der Waals surface area contributed by atoms with Crippen LogP contribution in [0.2, 0.25) is 5.02 Å². The van der Waals surface area contributed by atoms with Crippen molar-refractivity contribution in [2.75, 3.05) is 0 Å². The molecule has 0 spiro atoms. The molecule has 2 unspecified atom stereocenters. The van der Waals surface area contributed by atoms with E-state index in [1.165, 1.54) is 12.1 Å². The van der Waals surface area contributed by atoms with E-state index in [0.717, 1.165) is 0 Å². The topological polar surface area (TPSA) is 23.8 Å². The van der Waals surface area contributed by atoms with Crippen molar-refractivity contribution in [3.05, 3.63) is 47.3 Å². The first kappa shape index (κ1) is 10.2. The van der Waals surface area contributed by atoms with Gasteiger partial charge < -0.3 is 0 Å². The van der Waals surface area contributed by atoms with Gasteiger partial charge in [-0.25, -0.2) is 4.39 Å². The number of nitrogens with zero attached hydrogens (tertiary/aromatic N) is 1. The van der Waals surface area contributed by atoms with Crippen LogP contribution in [0.3, 0.4) is 0 Å². The van der Waals surface area contributed by atoms with Crippen LogP contribution in [0.4, 0.5) is 4.39 Å². The summed E-state index contributed by atoms with van der Waals surface area (Å²) in [5.74, 6) is -0.398. The maximum atomic E-state index is 13.6. The minimum atomic E-state index is -0.788. The maximum Gasteiger partial charge on any atom is 0.129 e. The van der Waals surface area contributed by atoms with Gasteiger partial charge in [0, 0.05) is 16.5 Å². The highest BCUT2D eigenvalue weighted by Gasteiger charge is 2.56. The summed E-state index contributed by atoms with van der Waals surface area (Å²) in [4.78, 5) is 0. The van der Waals surface area contributed by atoms with E-state index in [1.54, 1.807) is 12.1 Å². The van der Waals surface area contributed by atoms with Gasteiger partial charge in [-0.2, -0.15) is 5.26 Å². The van der Waals surface area contributed by atoms with Crippen LogP contribution in [0.25, 0.3) is 0 Å². The minimum Gasteiger partial charge on any atom is -0.207 e. The lowest BCUT2D eigenvalue weighted by molar-refractivity contribution is 0.595. The van der Waals surface area contributed by atoms with E-state index in [1.807, 2.05) is 0 Å². The molecular weight excluding hydrogens is 213 g/mol. The van der Waals surface area contributed by atoms with E-state index in [2.05, 4.69) is 12.6 Å². The Morgan fingerprint density at radius 1 is 1.67 bits per heavy atom. The number of halogens is 2. The summed E-state index contributed by atoms with van der Waals surface area (Å²) in [5.41, 5.74) is -0.469. The van der Waals surface area contributed by atoms with Crippen LogP contribution in [0.1, 0.15) is 12.0 Å². The van der Waals surface area contributed by atoms with Gasteiger partial charge >= 0.3 is 0 Å². The fraction of sp³-hybridized carbons (Fsp3) is 0.250. The van der Waals surface area contributed by atoms with E-state index in [4.69, 9.17) is 16.9 Å². The molecule has 15 heavy (non-hydrogen) atoms. The molecule has 1 nitrogen and oxygen atoms in total. The number of hydrogen-bond donors (Lipinski definition) is 0. The van der Waals surface area contributed by atoms with Crippen molar-refractivity contribution in [1.29, 1.82) is 5.26 Å². The Kier molecular flexibility index (Phi) is 2.28. The number of hydrogen-bond acceptors (Lipinski definition) is 1. The molecule has 1 saturated carbocycles. The monoisotopic (exact) mass is 221 g/mol. The van der Waals surface area contributed by atoms with E-state index in [-0.39, 0.29) is 5.92 Å². The van der Waals surface area contributed by atoms with Crippen LogP contribution in [0.5, 0.6) is 0 Å². The van der Waals surface area contributed by atoms with Crippen molar-refractivity contribution in [3.8, 4) is 6.07 Å². The standard InChI is InChI=1S/C12H9ClFN/c1-2-8-6-12(8,7-15)11-9(13)4-3-5-10(11)14/h2-5,8H,1,6H2. The Morgan fingerprint density at radius 3 is 2.87 bits per heavy atom. The minimum absolute atomic E-state index is 0.0110. The van der Waals surface area contributed by atoms with Gasteiger partial charge in [0.25, 0.3) is 0 Å². The van der Waals surface area contributed by atoms with Crippen molar-refractivity contribution >= 4 is 11.6 Å². The Bertz CT molecular complexity index is 443. The lowest BCUT2D eigenvalue weighted by atomic mass is 9.94. The summed E-state index contributed by atoms with van der Waals surface area (Å²) >= 11 is 5.93. The number of rotatable bonds is 2. The first-order chi connectivity index (χ1) is 7.15. The molecule has 1 aliphatic rings. The molecule has 0 aliphatic heterocycles. The third-order valence-electron chi connectivity index (χ3n) is 2.91. The lowest BCUT2D eigenvalue weighted by Crippen LogP contribution is -2.09. The summed E-state index contributed by atoms with van der Waals surface area (Å²) in [5, 5.41) is 9.46. The smallest absolute Gasteiger partial charge is 0.129 e. The highest BCUT2D eigenvalue weighted by Crippen LogP contribution is 2.56. The third kappa shape index (κ3) is 1.35. The predicted molar refractivity (Wildman–Crippen MR) is 57.0 cm³/mol. The summed E-state index contributed by atoms with van der Waals surface area (Å²) in [7, 11) is 0. The zero-order valence-electron chi connectivity index (χ0n) is 8.00. The quantitative estimate of drug-likeness (QED) is 0.702. The fourth-order valence-electron chi connectivity index (χ4n) is 1.97. The van der Waals surface area contributed by atoms with E-state index >= 15 is 0 Å². The second kappa shape index (κ2) is 3.36. The Balaban J connectivity index is 2.56. The zero-order chi connectivity index (χ0) is 11.1. The Morgan fingerprint density at radius 2 is 2.40 bits per heavy atom. The molecule has 1 aliphatic carbocycles. The van der Waals surface area contributed by atoms with Crippen LogP contribution in [0, 0.1) is 23.1 Å². The summed E-state index contributed by atoms with van der Waals surface area (Å²) in [6.45, 7) is 3.63. The summed E-state index contributed by atoms with van der Waals surface area (Å²) < 4.78 is 13.6. The van der Waals surface area contributed by atoms with E-state index in [9.17, 15) is 4.39 Å². The predicted octanol–water partition coefficient (Wildman–Crippen LogP) is 3.45. The summed E-state index contributed by atoms with van der Waals surface area (Å²) in [6.07, 6.45) is 2.29. The largest absolute Gasteiger partial charge is 0.207 e. The van der Waals surface area contributed by atoms with Crippen LogP contribution in [0.15, 0.2) is 30.9 Å².